The van der Waals surface area contributed by atoms with Gasteiger partial charge in [0, 0.05) is 18.7 Å². The average molecular weight is 420 g/mol. The Hall–Kier alpha value is -2.68. The Morgan fingerprint density at radius 1 is 1.37 bits per heavy atom. The van der Waals surface area contributed by atoms with Crippen molar-refractivity contribution in [1.82, 2.24) is 9.88 Å². The summed E-state index contributed by atoms with van der Waals surface area (Å²) in [6.45, 7) is 0.346. The second-order valence-electron chi connectivity index (χ2n) is 7.64. The van der Waals surface area contributed by atoms with E-state index in [0.29, 0.717) is 31.2 Å². The van der Waals surface area contributed by atoms with Crippen LogP contribution in [0.1, 0.15) is 48.5 Å². The second kappa shape index (κ2) is 8.59. The van der Waals surface area contributed by atoms with E-state index in [1.807, 2.05) is 6.42 Å². The smallest absolute Gasteiger partial charge is 0.387 e. The minimum absolute atomic E-state index is 0.0581. The first-order valence-corrected chi connectivity index (χ1v) is 10.0. The number of aromatic nitrogens is 1. The summed E-state index contributed by atoms with van der Waals surface area (Å²) < 4.78 is 41.6. The van der Waals surface area contributed by atoms with Crippen molar-refractivity contribution in [2.24, 2.45) is 11.7 Å². The molecule has 2 fully saturated rings. The first-order chi connectivity index (χ1) is 14.4. The van der Waals surface area contributed by atoms with Crippen LogP contribution < -0.4 is 15.2 Å². The van der Waals surface area contributed by atoms with Crippen molar-refractivity contribution < 1.29 is 27.5 Å². The lowest BCUT2D eigenvalue weighted by Crippen LogP contribution is -2.29. The van der Waals surface area contributed by atoms with E-state index >= 15 is 0 Å². The molecule has 0 bridgehead atoms. The Balaban J connectivity index is 1.65. The average Bonchev–Trinajstić information content (AvgIpc) is 3.19. The van der Waals surface area contributed by atoms with Crippen molar-refractivity contribution in [3.05, 3.63) is 36.1 Å². The maximum atomic E-state index is 12.8. The summed E-state index contributed by atoms with van der Waals surface area (Å²) in [6, 6.07) is 3.92. The van der Waals surface area contributed by atoms with Crippen LogP contribution in [0, 0.1) is 12.3 Å². The van der Waals surface area contributed by atoms with Gasteiger partial charge in [0.15, 0.2) is 23.0 Å². The first kappa shape index (κ1) is 20.6. The Bertz CT molecular complexity index is 906. The van der Waals surface area contributed by atoms with Crippen molar-refractivity contribution in [1.29, 1.82) is 0 Å². The van der Waals surface area contributed by atoms with E-state index in [-0.39, 0.29) is 34.8 Å². The van der Waals surface area contributed by atoms with Gasteiger partial charge in [0.25, 0.3) is 5.91 Å². The van der Waals surface area contributed by atoms with Gasteiger partial charge in [-0.1, -0.05) is 0 Å². The molecule has 0 spiro atoms. The lowest BCUT2D eigenvalue weighted by atomic mass is 10.2. The van der Waals surface area contributed by atoms with Crippen LogP contribution in [0.15, 0.2) is 22.6 Å². The van der Waals surface area contributed by atoms with Crippen LogP contribution in [0.5, 0.6) is 11.5 Å². The summed E-state index contributed by atoms with van der Waals surface area (Å²) >= 11 is 0. The number of oxazole rings is 1. The molecule has 1 amide bonds. The molecule has 2 aromatic rings. The minimum Gasteiger partial charge on any atom is -0.489 e. The molecule has 1 aliphatic carbocycles. The molecule has 4 rings (SSSR count). The number of carbonyl (C=O) groups excluding carboxylic acids is 1. The summed E-state index contributed by atoms with van der Waals surface area (Å²) in [5, 5.41) is 0. The maximum absolute atomic E-state index is 12.8. The number of nitrogens with two attached hydrogens (primary N) is 1. The Morgan fingerprint density at radius 2 is 2.17 bits per heavy atom. The number of rotatable bonds is 8. The number of nitrogens with zero attached hydrogens (tertiary/aromatic N) is 2. The van der Waals surface area contributed by atoms with Crippen LogP contribution >= 0.6 is 0 Å². The maximum Gasteiger partial charge on any atom is 0.387 e. The zero-order valence-electron chi connectivity index (χ0n) is 16.6. The van der Waals surface area contributed by atoms with Crippen LogP contribution in [0.2, 0.25) is 0 Å². The third-order valence-electron chi connectivity index (χ3n) is 5.09. The third kappa shape index (κ3) is 4.56. The lowest BCUT2D eigenvalue weighted by molar-refractivity contribution is -0.0515. The first-order valence-electron chi connectivity index (χ1n) is 10.0. The zero-order chi connectivity index (χ0) is 21.3. The molecule has 1 aliphatic heterocycles. The second-order valence-corrected chi connectivity index (χ2v) is 7.64. The number of carbonyl (C=O) groups is 1. The highest BCUT2D eigenvalue weighted by atomic mass is 19.3. The standard InChI is InChI=1S/C21H24F2N3O4/c1-12(24)18-17(20(27)26-8-2-3-9-26)25-19(30-18)14-6-7-15(29-21(22)23)16(10-14)28-11-13-4-5-13/h2,6-7,10,12-13,21H,3-5,8-9,11,24H2,1H3/t12-/m1/s1. The van der Waals surface area contributed by atoms with Crippen LogP contribution in [-0.2, 0) is 0 Å². The Labute approximate surface area is 173 Å². The fourth-order valence-corrected chi connectivity index (χ4v) is 3.28. The Kier molecular flexibility index (Phi) is 5.90. The number of ether oxygens (including phenoxy) is 2. The number of hydrogen-bond donors (Lipinski definition) is 1. The third-order valence-corrected chi connectivity index (χ3v) is 5.09. The topological polar surface area (TPSA) is 90.8 Å². The molecule has 1 atom stereocenters. The number of halogens is 2. The van der Waals surface area contributed by atoms with Gasteiger partial charge in [-0.2, -0.15) is 8.78 Å². The molecule has 1 aromatic carbocycles. The normalized spacial score (nSPS) is 17.4. The van der Waals surface area contributed by atoms with Crippen LogP contribution in [-0.4, -0.2) is 42.1 Å². The van der Waals surface area contributed by atoms with E-state index in [1.165, 1.54) is 18.2 Å². The van der Waals surface area contributed by atoms with Gasteiger partial charge < -0.3 is 24.5 Å². The SMILES string of the molecule is C[C@@H](N)c1oc(-c2ccc(OC(F)F)c(OCC3CC3)c2)nc1C(=O)N1C[CH]CC1. The highest BCUT2D eigenvalue weighted by Gasteiger charge is 2.29. The van der Waals surface area contributed by atoms with Gasteiger partial charge in [-0.3, -0.25) is 4.79 Å². The molecule has 2 heterocycles. The molecule has 1 saturated carbocycles. The lowest BCUT2D eigenvalue weighted by Gasteiger charge is -2.14. The minimum atomic E-state index is -2.97. The quantitative estimate of drug-likeness (QED) is 0.699. The summed E-state index contributed by atoms with van der Waals surface area (Å²) in [5.74, 6) is 0.776. The van der Waals surface area contributed by atoms with Gasteiger partial charge in [-0.05, 0) is 56.7 Å². The number of amides is 1. The molecule has 2 aliphatic rings. The highest BCUT2D eigenvalue weighted by molar-refractivity contribution is 5.94. The molecule has 0 unspecified atom stereocenters. The van der Waals surface area contributed by atoms with E-state index in [2.05, 4.69) is 9.72 Å². The van der Waals surface area contributed by atoms with E-state index in [4.69, 9.17) is 14.9 Å². The van der Waals surface area contributed by atoms with Gasteiger partial charge in [0.2, 0.25) is 5.89 Å². The van der Waals surface area contributed by atoms with Crippen molar-refractivity contribution in [2.45, 2.75) is 38.8 Å². The molecule has 9 heteroatoms. The summed E-state index contributed by atoms with van der Waals surface area (Å²) in [4.78, 5) is 18.9. The predicted octanol–water partition coefficient (Wildman–Crippen LogP) is 3.80. The van der Waals surface area contributed by atoms with Gasteiger partial charge in [0.1, 0.15) is 0 Å². The number of hydrogen-bond acceptors (Lipinski definition) is 6. The summed E-state index contributed by atoms with van der Waals surface area (Å²) in [6.07, 6.45) is 4.97. The van der Waals surface area contributed by atoms with E-state index in [1.54, 1.807) is 11.8 Å². The van der Waals surface area contributed by atoms with Crippen LogP contribution in [0.25, 0.3) is 11.5 Å². The summed E-state index contributed by atoms with van der Waals surface area (Å²) in [5.41, 5.74) is 6.65. The van der Waals surface area contributed by atoms with Gasteiger partial charge >= 0.3 is 6.61 Å². The zero-order valence-corrected chi connectivity index (χ0v) is 16.6. The molecule has 1 radical (unpaired) electrons. The molecule has 30 heavy (non-hydrogen) atoms. The molecule has 1 saturated heterocycles. The van der Waals surface area contributed by atoms with Gasteiger partial charge in [-0.25, -0.2) is 4.98 Å². The van der Waals surface area contributed by atoms with Crippen LogP contribution in [0.4, 0.5) is 8.78 Å². The van der Waals surface area contributed by atoms with Gasteiger partial charge in [-0.15, -0.1) is 0 Å². The molecule has 161 valence electrons. The molecular formula is C21H24F2N3O4. The van der Waals surface area contributed by atoms with Crippen LogP contribution in [0.3, 0.4) is 0 Å². The van der Waals surface area contributed by atoms with Crippen molar-refractivity contribution in [2.75, 3.05) is 19.7 Å². The Morgan fingerprint density at radius 3 is 2.80 bits per heavy atom. The molecule has 1 aromatic heterocycles. The van der Waals surface area contributed by atoms with E-state index in [9.17, 15) is 13.6 Å². The highest BCUT2D eigenvalue weighted by Crippen LogP contribution is 2.37. The number of alkyl halides is 2. The predicted molar refractivity (Wildman–Crippen MR) is 104 cm³/mol. The largest absolute Gasteiger partial charge is 0.489 e. The fraction of sp³-hybridized carbons (Fsp3) is 0.476. The molecule has 7 nitrogen and oxygen atoms in total. The number of benzene rings is 1. The number of likely N-dealkylation sites (tertiary alicyclic amines) is 1. The molecule has 2 N–H and O–H groups in total. The van der Waals surface area contributed by atoms with Crippen molar-refractivity contribution in [3.63, 3.8) is 0 Å². The molecular weight excluding hydrogens is 396 g/mol. The van der Waals surface area contributed by atoms with E-state index in [0.717, 1.165) is 19.3 Å². The van der Waals surface area contributed by atoms with E-state index < -0.39 is 12.7 Å². The van der Waals surface area contributed by atoms with Crippen molar-refractivity contribution in [3.8, 4) is 23.0 Å². The monoisotopic (exact) mass is 420 g/mol. The van der Waals surface area contributed by atoms with Crippen molar-refractivity contribution >= 4 is 5.91 Å². The van der Waals surface area contributed by atoms with Gasteiger partial charge in [0.05, 0.1) is 12.6 Å². The fourth-order valence-electron chi connectivity index (χ4n) is 3.28. The summed E-state index contributed by atoms with van der Waals surface area (Å²) in [7, 11) is 0.